The molecule has 2 N–H and O–H groups in total. The van der Waals surface area contributed by atoms with E-state index < -0.39 is 17.5 Å². The maximum Gasteiger partial charge on any atom is 0.407 e. The zero-order valence-electron chi connectivity index (χ0n) is 17.8. The molecule has 0 spiro atoms. The first kappa shape index (κ1) is 21.8. The number of carbonyl (C=O) groups excluding carboxylic acids is 2. The molecule has 0 bridgehead atoms. The van der Waals surface area contributed by atoms with Crippen molar-refractivity contribution in [3.05, 3.63) is 30.2 Å². The fourth-order valence-corrected chi connectivity index (χ4v) is 3.62. The van der Waals surface area contributed by atoms with Gasteiger partial charge < -0.3 is 20.1 Å². The van der Waals surface area contributed by atoms with Crippen molar-refractivity contribution in [1.29, 1.82) is 0 Å². The topological polar surface area (TPSA) is 89.5 Å². The van der Waals surface area contributed by atoms with Gasteiger partial charge in [-0.05, 0) is 58.6 Å². The molecule has 30 heavy (non-hydrogen) atoms. The van der Waals surface area contributed by atoms with Crippen molar-refractivity contribution < 1.29 is 23.5 Å². The number of nitrogens with one attached hydrogen (secondary N) is 2. The highest BCUT2D eigenvalue weighted by molar-refractivity contribution is 6.02. The zero-order chi connectivity index (χ0) is 21.9. The molecular weight excluding hydrogens is 389 g/mol. The number of ether oxygens (including phenoxy) is 2. The van der Waals surface area contributed by atoms with Crippen LogP contribution in [0.3, 0.4) is 0 Å². The van der Waals surface area contributed by atoms with Crippen LogP contribution in [0.4, 0.5) is 14.9 Å². The normalized spacial score (nSPS) is 19.2. The van der Waals surface area contributed by atoms with Gasteiger partial charge >= 0.3 is 6.09 Å². The second-order valence-electron chi connectivity index (χ2n) is 8.55. The lowest BCUT2D eigenvalue weighted by atomic mass is 9.85. The number of aromatic nitrogens is 1. The first-order chi connectivity index (χ1) is 14.2. The summed E-state index contributed by atoms with van der Waals surface area (Å²) < 4.78 is 24.7. The van der Waals surface area contributed by atoms with Gasteiger partial charge in [0.15, 0.2) is 5.82 Å². The minimum Gasteiger partial charge on any atom is -0.497 e. The Morgan fingerprint density at radius 2 is 1.87 bits per heavy atom. The fourth-order valence-electron chi connectivity index (χ4n) is 3.62. The summed E-state index contributed by atoms with van der Waals surface area (Å²) in [4.78, 5) is 28.8. The number of fused-ring (bicyclic) bond motifs is 1. The minimum atomic E-state index is -0.545. The fraction of sp³-hybridized carbons (Fsp3) is 0.500. The molecule has 2 amide bonds. The average Bonchev–Trinajstić information content (AvgIpc) is 2.67. The van der Waals surface area contributed by atoms with Gasteiger partial charge in [-0.15, -0.1) is 0 Å². The highest BCUT2D eigenvalue weighted by Crippen LogP contribution is 2.30. The van der Waals surface area contributed by atoms with E-state index in [2.05, 4.69) is 15.6 Å². The quantitative estimate of drug-likeness (QED) is 0.769. The molecule has 3 rings (SSSR count). The summed E-state index contributed by atoms with van der Waals surface area (Å²) in [5, 5.41) is 6.27. The first-order valence-electron chi connectivity index (χ1n) is 10.1. The molecule has 1 fully saturated rings. The molecule has 162 valence electrons. The molecule has 1 heterocycles. The Hall–Kier alpha value is -2.90. The summed E-state index contributed by atoms with van der Waals surface area (Å²) in [6.07, 6.45) is 3.71. The third-order valence-electron chi connectivity index (χ3n) is 5.08. The van der Waals surface area contributed by atoms with Crippen molar-refractivity contribution in [2.45, 2.75) is 58.1 Å². The molecule has 1 aromatic carbocycles. The van der Waals surface area contributed by atoms with Crippen LogP contribution in [-0.4, -0.2) is 35.7 Å². The third kappa shape index (κ3) is 5.37. The second kappa shape index (κ2) is 8.85. The maximum absolute atomic E-state index is 14.3. The Bertz CT molecular complexity index is 934. The van der Waals surface area contributed by atoms with Gasteiger partial charge in [-0.3, -0.25) is 9.78 Å². The molecule has 0 radical (unpaired) electrons. The van der Waals surface area contributed by atoms with Crippen LogP contribution in [0.25, 0.3) is 10.9 Å². The number of methoxy groups -OCH3 is 1. The first-order valence-corrected chi connectivity index (χ1v) is 10.1. The predicted molar refractivity (Wildman–Crippen MR) is 112 cm³/mol. The molecule has 0 saturated heterocycles. The number of anilines is 1. The van der Waals surface area contributed by atoms with Crippen LogP contribution in [0.5, 0.6) is 5.75 Å². The largest absolute Gasteiger partial charge is 0.497 e. The van der Waals surface area contributed by atoms with E-state index in [4.69, 9.17) is 9.47 Å². The van der Waals surface area contributed by atoms with E-state index in [9.17, 15) is 14.0 Å². The highest BCUT2D eigenvalue weighted by Gasteiger charge is 2.28. The SMILES string of the molecule is COc1cc(F)c2nccc(NC(=O)C3CCC(NC(=O)OC(C)(C)C)CC3)c2c1. The summed E-state index contributed by atoms with van der Waals surface area (Å²) in [5.41, 5.74) is 0.132. The molecule has 7 nitrogen and oxygen atoms in total. The average molecular weight is 417 g/mol. The number of halogens is 1. The number of nitrogens with zero attached hydrogens (tertiary/aromatic N) is 1. The molecule has 1 aromatic heterocycles. The summed E-state index contributed by atoms with van der Waals surface area (Å²) in [5.74, 6) is -0.451. The molecule has 8 heteroatoms. The number of carbonyl (C=O) groups is 2. The van der Waals surface area contributed by atoms with E-state index >= 15 is 0 Å². The lowest BCUT2D eigenvalue weighted by molar-refractivity contribution is -0.120. The minimum absolute atomic E-state index is 0.0102. The van der Waals surface area contributed by atoms with Crippen LogP contribution in [0.15, 0.2) is 24.4 Å². The van der Waals surface area contributed by atoms with Crippen molar-refractivity contribution in [3.63, 3.8) is 0 Å². The van der Waals surface area contributed by atoms with Crippen molar-refractivity contribution in [2.24, 2.45) is 5.92 Å². The van der Waals surface area contributed by atoms with Crippen LogP contribution in [-0.2, 0) is 9.53 Å². The maximum atomic E-state index is 14.3. The number of rotatable bonds is 4. The van der Waals surface area contributed by atoms with E-state index in [1.165, 1.54) is 19.4 Å². The Kier molecular flexibility index (Phi) is 6.43. The number of hydrogen-bond donors (Lipinski definition) is 2. The Morgan fingerprint density at radius 3 is 2.50 bits per heavy atom. The lowest BCUT2D eigenvalue weighted by Crippen LogP contribution is -2.42. The second-order valence-corrected chi connectivity index (χ2v) is 8.55. The highest BCUT2D eigenvalue weighted by atomic mass is 19.1. The molecular formula is C22H28FN3O4. The number of pyridine rings is 1. The smallest absolute Gasteiger partial charge is 0.407 e. The Balaban J connectivity index is 1.62. The summed E-state index contributed by atoms with van der Waals surface area (Å²) in [6.45, 7) is 5.45. The van der Waals surface area contributed by atoms with Crippen LogP contribution < -0.4 is 15.4 Å². The molecule has 1 aliphatic carbocycles. The molecule has 2 aromatic rings. The lowest BCUT2D eigenvalue weighted by Gasteiger charge is -2.29. The molecule has 1 aliphatic rings. The van der Waals surface area contributed by atoms with Crippen LogP contribution >= 0.6 is 0 Å². The van der Waals surface area contributed by atoms with Crippen LogP contribution in [0, 0.1) is 11.7 Å². The van der Waals surface area contributed by atoms with Crippen LogP contribution in [0.1, 0.15) is 46.5 Å². The third-order valence-corrected chi connectivity index (χ3v) is 5.08. The van der Waals surface area contributed by atoms with E-state index in [1.807, 2.05) is 20.8 Å². The van der Waals surface area contributed by atoms with E-state index in [0.29, 0.717) is 42.5 Å². The number of benzene rings is 1. The van der Waals surface area contributed by atoms with Gasteiger partial charge in [0, 0.05) is 29.6 Å². The van der Waals surface area contributed by atoms with Crippen LogP contribution in [0.2, 0.25) is 0 Å². The van der Waals surface area contributed by atoms with E-state index in [0.717, 1.165) is 0 Å². The van der Waals surface area contributed by atoms with E-state index in [-0.39, 0.29) is 23.4 Å². The molecule has 0 atom stereocenters. The van der Waals surface area contributed by atoms with Gasteiger partial charge in [0.05, 0.1) is 12.8 Å². The van der Waals surface area contributed by atoms with Gasteiger partial charge in [0.1, 0.15) is 16.9 Å². The van der Waals surface area contributed by atoms with Crippen molar-refractivity contribution in [2.75, 3.05) is 12.4 Å². The molecule has 1 saturated carbocycles. The summed E-state index contributed by atoms with van der Waals surface area (Å²) in [7, 11) is 1.46. The molecule has 0 unspecified atom stereocenters. The number of hydrogen-bond acceptors (Lipinski definition) is 5. The van der Waals surface area contributed by atoms with Gasteiger partial charge in [-0.2, -0.15) is 0 Å². The number of amides is 2. The summed E-state index contributed by atoms with van der Waals surface area (Å²) >= 11 is 0. The summed E-state index contributed by atoms with van der Waals surface area (Å²) in [6, 6.07) is 4.56. The molecule has 0 aliphatic heterocycles. The van der Waals surface area contributed by atoms with Gasteiger partial charge in [0.25, 0.3) is 0 Å². The predicted octanol–water partition coefficient (Wildman–Crippen LogP) is 4.40. The van der Waals surface area contributed by atoms with Gasteiger partial charge in [-0.1, -0.05) is 0 Å². The zero-order valence-corrected chi connectivity index (χ0v) is 17.8. The van der Waals surface area contributed by atoms with Crippen molar-refractivity contribution in [1.82, 2.24) is 10.3 Å². The Labute approximate surface area is 175 Å². The van der Waals surface area contributed by atoms with Gasteiger partial charge in [0.2, 0.25) is 5.91 Å². The van der Waals surface area contributed by atoms with Gasteiger partial charge in [-0.25, -0.2) is 9.18 Å². The number of alkyl carbamates (subject to hydrolysis) is 1. The van der Waals surface area contributed by atoms with E-state index in [1.54, 1.807) is 12.1 Å². The standard InChI is InChI=1S/C22H28FN3O4/c1-22(2,3)30-21(28)25-14-7-5-13(6-8-14)20(27)26-18-9-10-24-19-16(18)11-15(29-4)12-17(19)23/h9-14H,5-8H2,1-4H3,(H,25,28)(H,24,26,27). The Morgan fingerprint density at radius 1 is 1.17 bits per heavy atom. The van der Waals surface area contributed by atoms with Crippen molar-refractivity contribution >= 4 is 28.6 Å². The monoisotopic (exact) mass is 417 g/mol. The van der Waals surface area contributed by atoms with Crippen molar-refractivity contribution in [3.8, 4) is 5.75 Å².